The van der Waals surface area contributed by atoms with E-state index >= 15 is 0 Å². The maximum atomic E-state index is 5.87. The number of nitrogens with zero attached hydrogens (tertiary/aromatic N) is 5. The molecule has 21 heavy (non-hydrogen) atoms. The third kappa shape index (κ3) is 4.14. The van der Waals surface area contributed by atoms with Gasteiger partial charge in [-0.25, -0.2) is 4.98 Å². The molecule has 0 radical (unpaired) electrons. The molecule has 0 fully saturated rings. The molecule has 0 atom stereocenters. The van der Waals surface area contributed by atoms with Gasteiger partial charge in [0.05, 0.1) is 0 Å². The summed E-state index contributed by atoms with van der Waals surface area (Å²) in [5, 5.41) is 3.16. The lowest BCUT2D eigenvalue weighted by atomic mass is 10.1. The van der Waals surface area contributed by atoms with Gasteiger partial charge in [0.25, 0.3) is 0 Å². The molecule has 0 saturated carbocycles. The topological polar surface area (TPSA) is 77.8 Å². The lowest BCUT2D eigenvalue weighted by Crippen LogP contribution is -2.28. The van der Waals surface area contributed by atoms with Gasteiger partial charge in [0.2, 0.25) is 11.9 Å². The summed E-state index contributed by atoms with van der Waals surface area (Å²) in [5.41, 5.74) is -0.324. The van der Waals surface area contributed by atoms with Crippen molar-refractivity contribution in [3.63, 3.8) is 0 Å². The molecule has 114 valence electrons. The zero-order chi connectivity index (χ0) is 15.3. The van der Waals surface area contributed by atoms with Crippen LogP contribution in [0.2, 0.25) is 0 Å². The lowest BCUT2D eigenvalue weighted by Gasteiger charge is -2.23. The van der Waals surface area contributed by atoms with Crippen LogP contribution in [0.1, 0.15) is 40.5 Å². The Hall–Kier alpha value is -2.18. The summed E-state index contributed by atoms with van der Waals surface area (Å²) in [4.78, 5) is 17.1. The number of nitrogens with one attached hydrogen (secondary N) is 1. The molecule has 0 bridgehead atoms. The maximum Gasteiger partial charge on any atom is 0.323 e. The summed E-state index contributed by atoms with van der Waals surface area (Å²) in [7, 11) is 0. The minimum absolute atomic E-state index is 0.319. The first kappa shape index (κ1) is 15.2. The van der Waals surface area contributed by atoms with Crippen LogP contribution in [0, 0.1) is 0 Å². The van der Waals surface area contributed by atoms with Gasteiger partial charge in [-0.05, 0) is 26.7 Å². The van der Waals surface area contributed by atoms with Crippen molar-refractivity contribution in [2.45, 2.75) is 46.1 Å². The molecule has 2 rings (SSSR count). The number of hydrogen-bond acceptors (Lipinski definition) is 6. The predicted molar refractivity (Wildman–Crippen MR) is 80.7 cm³/mol. The van der Waals surface area contributed by atoms with E-state index in [2.05, 4.69) is 39.1 Å². The Kier molecular flexibility index (Phi) is 4.72. The third-order valence-electron chi connectivity index (χ3n) is 3.09. The average molecular weight is 290 g/mol. The van der Waals surface area contributed by atoms with Gasteiger partial charge in [-0.3, -0.25) is 4.57 Å². The summed E-state index contributed by atoms with van der Waals surface area (Å²) in [6.07, 6.45) is 6.96. The fourth-order valence-corrected chi connectivity index (χ4v) is 1.52. The van der Waals surface area contributed by atoms with Gasteiger partial charge in [-0.2, -0.15) is 15.0 Å². The second-order valence-electron chi connectivity index (χ2n) is 5.35. The van der Waals surface area contributed by atoms with E-state index in [9.17, 15) is 0 Å². The van der Waals surface area contributed by atoms with Crippen molar-refractivity contribution in [3.8, 4) is 12.0 Å². The fraction of sp³-hybridized carbons (Fsp3) is 0.571. The van der Waals surface area contributed by atoms with E-state index in [1.807, 2.05) is 13.8 Å². The third-order valence-corrected chi connectivity index (χ3v) is 3.09. The predicted octanol–water partition coefficient (Wildman–Crippen LogP) is 2.45. The minimum Gasteiger partial charge on any atom is -0.457 e. The molecule has 7 heteroatoms. The van der Waals surface area contributed by atoms with Gasteiger partial charge in [-0.15, -0.1) is 0 Å². The van der Waals surface area contributed by atoms with Crippen LogP contribution in [0.4, 0.5) is 5.95 Å². The van der Waals surface area contributed by atoms with Crippen molar-refractivity contribution in [1.29, 1.82) is 0 Å². The van der Waals surface area contributed by atoms with E-state index in [1.54, 1.807) is 23.3 Å². The molecule has 0 unspecified atom stereocenters. The Balaban J connectivity index is 2.33. The first-order valence-electron chi connectivity index (χ1n) is 7.21. The van der Waals surface area contributed by atoms with E-state index in [4.69, 9.17) is 4.74 Å². The van der Waals surface area contributed by atoms with Crippen LogP contribution in [0.5, 0.6) is 6.01 Å². The average Bonchev–Trinajstić information content (AvgIpc) is 2.98. The Labute approximate surface area is 124 Å². The molecule has 0 aliphatic heterocycles. The van der Waals surface area contributed by atoms with Crippen LogP contribution in [0.3, 0.4) is 0 Å². The van der Waals surface area contributed by atoms with Crippen LogP contribution in [-0.4, -0.2) is 36.6 Å². The Morgan fingerprint density at radius 1 is 1.24 bits per heavy atom. The molecule has 2 aromatic heterocycles. The molecule has 0 aromatic carbocycles. The second-order valence-corrected chi connectivity index (χ2v) is 5.35. The van der Waals surface area contributed by atoms with E-state index in [1.165, 1.54) is 0 Å². The van der Waals surface area contributed by atoms with E-state index in [0.29, 0.717) is 17.9 Å². The van der Waals surface area contributed by atoms with E-state index < -0.39 is 0 Å². The normalized spacial score (nSPS) is 11.4. The highest BCUT2D eigenvalue weighted by Gasteiger charge is 2.20. The summed E-state index contributed by atoms with van der Waals surface area (Å²) in [5.74, 6) is 1.00. The quantitative estimate of drug-likeness (QED) is 0.844. The van der Waals surface area contributed by atoms with Gasteiger partial charge in [0.1, 0.15) is 11.9 Å². The molecule has 0 aliphatic carbocycles. The molecule has 1 N–H and O–H groups in total. The van der Waals surface area contributed by atoms with Gasteiger partial charge in [-0.1, -0.05) is 13.8 Å². The van der Waals surface area contributed by atoms with Crippen molar-refractivity contribution in [3.05, 3.63) is 18.7 Å². The first-order chi connectivity index (χ1) is 10.0. The van der Waals surface area contributed by atoms with Crippen molar-refractivity contribution in [2.24, 2.45) is 0 Å². The maximum absolute atomic E-state index is 5.87. The number of anilines is 1. The van der Waals surface area contributed by atoms with Crippen LogP contribution in [0.15, 0.2) is 18.7 Å². The summed E-state index contributed by atoms with van der Waals surface area (Å²) >= 11 is 0. The van der Waals surface area contributed by atoms with Crippen molar-refractivity contribution in [2.75, 3.05) is 11.9 Å². The summed E-state index contributed by atoms with van der Waals surface area (Å²) in [6, 6.07) is 0.319. The number of imidazole rings is 1. The van der Waals surface area contributed by atoms with Gasteiger partial charge < -0.3 is 10.1 Å². The smallest absolute Gasteiger partial charge is 0.323 e. The molecule has 0 aliphatic rings. The van der Waals surface area contributed by atoms with Crippen LogP contribution in [0.25, 0.3) is 5.95 Å². The summed E-state index contributed by atoms with van der Waals surface area (Å²) in [6.45, 7) is 8.96. The molecular formula is C14H22N6O. The fourth-order valence-electron chi connectivity index (χ4n) is 1.52. The summed E-state index contributed by atoms with van der Waals surface area (Å²) < 4.78 is 7.60. The Bertz CT molecular complexity index is 567. The number of hydrogen-bond donors (Lipinski definition) is 1. The standard InChI is InChI=1S/C14H22N6O/c1-5-7-16-11-17-12(20-9-8-15-10-20)19-13(18-11)21-14(3,4)6-2/h8-10H,5-7H2,1-4H3,(H,16,17,18,19). The molecule has 2 aromatic rings. The van der Waals surface area contributed by atoms with Crippen LogP contribution >= 0.6 is 0 Å². The molecular weight excluding hydrogens is 268 g/mol. The van der Waals surface area contributed by atoms with Gasteiger partial charge in [0.15, 0.2) is 0 Å². The zero-order valence-corrected chi connectivity index (χ0v) is 13.0. The van der Waals surface area contributed by atoms with E-state index in [0.717, 1.165) is 19.4 Å². The monoisotopic (exact) mass is 290 g/mol. The van der Waals surface area contributed by atoms with Crippen LogP contribution < -0.4 is 10.1 Å². The highest BCUT2D eigenvalue weighted by molar-refractivity contribution is 5.30. The van der Waals surface area contributed by atoms with Crippen molar-refractivity contribution < 1.29 is 4.74 Å². The zero-order valence-electron chi connectivity index (χ0n) is 13.0. The first-order valence-corrected chi connectivity index (χ1v) is 7.21. The number of ether oxygens (including phenoxy) is 1. The lowest BCUT2D eigenvalue weighted by molar-refractivity contribution is 0.0923. The SMILES string of the molecule is CCCNc1nc(OC(C)(C)CC)nc(-n2ccnc2)n1. The van der Waals surface area contributed by atoms with Gasteiger partial charge in [0, 0.05) is 18.9 Å². The second kappa shape index (κ2) is 6.51. The largest absolute Gasteiger partial charge is 0.457 e. The van der Waals surface area contributed by atoms with Crippen molar-refractivity contribution in [1.82, 2.24) is 24.5 Å². The molecule has 7 nitrogen and oxygen atoms in total. The van der Waals surface area contributed by atoms with Gasteiger partial charge >= 0.3 is 6.01 Å². The van der Waals surface area contributed by atoms with Crippen LogP contribution in [-0.2, 0) is 0 Å². The minimum atomic E-state index is -0.324. The molecule has 0 saturated heterocycles. The Morgan fingerprint density at radius 3 is 2.67 bits per heavy atom. The number of rotatable bonds is 7. The molecule has 0 amide bonds. The molecule has 2 heterocycles. The highest BCUT2D eigenvalue weighted by Crippen LogP contribution is 2.19. The number of aromatic nitrogens is 5. The Morgan fingerprint density at radius 2 is 2.05 bits per heavy atom. The molecule has 0 spiro atoms. The highest BCUT2D eigenvalue weighted by atomic mass is 16.5. The van der Waals surface area contributed by atoms with Crippen molar-refractivity contribution >= 4 is 5.95 Å². The van der Waals surface area contributed by atoms with E-state index in [-0.39, 0.29) is 5.60 Å².